The van der Waals surface area contributed by atoms with Gasteiger partial charge >= 0.3 is 0 Å². The van der Waals surface area contributed by atoms with Gasteiger partial charge in [0.2, 0.25) is 0 Å². The smallest absolute Gasteiger partial charge is 0.261 e. The highest BCUT2D eigenvalue weighted by Crippen LogP contribution is 2.24. The van der Waals surface area contributed by atoms with Crippen molar-refractivity contribution in [3.63, 3.8) is 0 Å². The molecule has 0 saturated carbocycles. The Bertz CT molecular complexity index is 589. The highest BCUT2D eigenvalue weighted by molar-refractivity contribution is 6.31. The molecule has 1 unspecified atom stereocenters. The van der Waals surface area contributed by atoms with Crippen LogP contribution in [-0.4, -0.2) is 34.2 Å². The molecule has 0 aliphatic heterocycles. The number of aromatic nitrogens is 3. The molecule has 0 fully saturated rings. The molecule has 0 N–H and O–H groups in total. The van der Waals surface area contributed by atoms with Crippen LogP contribution in [-0.2, 0) is 11.3 Å². The quantitative estimate of drug-likeness (QED) is 0.601. The minimum atomic E-state index is -2.47. The predicted molar refractivity (Wildman–Crippen MR) is 73.6 cm³/mol. The second-order valence-corrected chi connectivity index (χ2v) is 5.29. The summed E-state index contributed by atoms with van der Waals surface area (Å²) in [5.41, 5.74) is 1.23. The molecule has 0 bridgehead atoms. The molecular formula is C12H13Cl2F2N3O. The highest BCUT2D eigenvalue weighted by Gasteiger charge is 2.16. The van der Waals surface area contributed by atoms with Gasteiger partial charge in [0.25, 0.3) is 6.43 Å². The summed E-state index contributed by atoms with van der Waals surface area (Å²) in [7, 11) is 0. The van der Waals surface area contributed by atoms with Crippen LogP contribution in [0.3, 0.4) is 0 Å². The molecule has 2 heterocycles. The minimum Gasteiger partial charge on any atom is -0.374 e. The molecule has 20 heavy (non-hydrogen) atoms. The van der Waals surface area contributed by atoms with Crippen molar-refractivity contribution >= 4 is 34.4 Å². The summed E-state index contributed by atoms with van der Waals surface area (Å²) in [6, 6.07) is 1.68. The van der Waals surface area contributed by atoms with Crippen LogP contribution in [0.5, 0.6) is 0 Å². The summed E-state index contributed by atoms with van der Waals surface area (Å²) in [5, 5.41) is 0.142. The topological polar surface area (TPSA) is 39.9 Å². The van der Waals surface area contributed by atoms with Crippen molar-refractivity contribution in [3.05, 3.63) is 23.1 Å². The molecule has 0 saturated heterocycles. The number of alkyl halides is 3. The Morgan fingerprint density at radius 1 is 1.45 bits per heavy atom. The minimum absolute atomic E-state index is 0.136. The van der Waals surface area contributed by atoms with Gasteiger partial charge in [0.15, 0.2) is 5.65 Å². The molecule has 8 heteroatoms. The molecule has 0 aliphatic carbocycles. The van der Waals surface area contributed by atoms with Crippen molar-refractivity contribution in [2.75, 3.05) is 13.2 Å². The number of ether oxygens (including phenoxy) is 1. The van der Waals surface area contributed by atoms with Gasteiger partial charge in [0.05, 0.1) is 17.0 Å². The maximum atomic E-state index is 12.0. The number of pyridine rings is 1. The maximum Gasteiger partial charge on any atom is 0.261 e. The number of fused-ring (bicyclic) bond motifs is 1. The first-order valence-electron chi connectivity index (χ1n) is 6.00. The van der Waals surface area contributed by atoms with E-state index in [0.717, 1.165) is 0 Å². The van der Waals surface area contributed by atoms with Crippen molar-refractivity contribution in [3.8, 4) is 0 Å². The molecule has 2 rings (SSSR count). The van der Waals surface area contributed by atoms with E-state index in [1.807, 2.05) is 0 Å². The van der Waals surface area contributed by atoms with E-state index < -0.39 is 13.0 Å². The summed E-state index contributed by atoms with van der Waals surface area (Å²) in [6.07, 6.45) is -0.969. The fourth-order valence-electron chi connectivity index (χ4n) is 1.86. The van der Waals surface area contributed by atoms with Gasteiger partial charge in [-0.3, -0.25) is 0 Å². The second-order valence-electron chi connectivity index (χ2n) is 4.20. The monoisotopic (exact) mass is 323 g/mol. The van der Waals surface area contributed by atoms with Gasteiger partial charge in [-0.2, -0.15) is 0 Å². The zero-order valence-corrected chi connectivity index (χ0v) is 12.2. The Labute approximate surface area is 124 Å². The van der Waals surface area contributed by atoms with E-state index in [2.05, 4.69) is 9.97 Å². The van der Waals surface area contributed by atoms with Gasteiger partial charge in [-0.1, -0.05) is 11.6 Å². The Morgan fingerprint density at radius 2 is 2.20 bits per heavy atom. The largest absolute Gasteiger partial charge is 0.374 e. The summed E-state index contributed by atoms with van der Waals surface area (Å²) < 4.78 is 30.7. The lowest BCUT2D eigenvalue weighted by Gasteiger charge is -2.10. The fourth-order valence-corrected chi connectivity index (χ4v) is 2.18. The van der Waals surface area contributed by atoms with Crippen molar-refractivity contribution in [1.29, 1.82) is 0 Å². The highest BCUT2D eigenvalue weighted by atomic mass is 35.5. The van der Waals surface area contributed by atoms with Crippen LogP contribution in [0.1, 0.15) is 18.1 Å². The molecule has 4 nitrogen and oxygen atoms in total. The molecule has 110 valence electrons. The predicted octanol–water partition coefficient (Wildman–Crippen LogP) is 3.67. The van der Waals surface area contributed by atoms with Crippen molar-refractivity contribution in [1.82, 2.24) is 14.5 Å². The van der Waals surface area contributed by atoms with E-state index in [1.54, 1.807) is 17.6 Å². The van der Waals surface area contributed by atoms with Crippen LogP contribution in [0, 0.1) is 0 Å². The normalized spacial score (nSPS) is 13.3. The third kappa shape index (κ3) is 3.56. The van der Waals surface area contributed by atoms with Crippen molar-refractivity contribution < 1.29 is 13.5 Å². The Morgan fingerprint density at radius 3 is 2.85 bits per heavy atom. The van der Waals surface area contributed by atoms with E-state index in [0.29, 0.717) is 28.6 Å². The van der Waals surface area contributed by atoms with E-state index in [4.69, 9.17) is 27.9 Å². The summed E-state index contributed by atoms with van der Waals surface area (Å²) in [5.74, 6) is 0.608. The summed E-state index contributed by atoms with van der Waals surface area (Å²) in [6.45, 7) is 1.68. The van der Waals surface area contributed by atoms with Crippen LogP contribution in [0.2, 0.25) is 5.02 Å². The lowest BCUT2D eigenvalue weighted by molar-refractivity contribution is 0.0148. The van der Waals surface area contributed by atoms with E-state index >= 15 is 0 Å². The standard InChI is InChI=1S/C12H13Cl2F2N3O/c1-7(13)11-18-9-4-8(14)5-17-12(9)19(11)2-3-20-6-10(15)16/h4-5,7,10H,2-3,6H2,1H3. The van der Waals surface area contributed by atoms with Gasteiger partial charge in [0.1, 0.15) is 17.9 Å². The van der Waals surface area contributed by atoms with E-state index in [9.17, 15) is 8.78 Å². The van der Waals surface area contributed by atoms with E-state index in [1.165, 1.54) is 6.20 Å². The number of hydrogen-bond acceptors (Lipinski definition) is 3. The number of halogens is 4. The SMILES string of the molecule is CC(Cl)c1nc2cc(Cl)cnc2n1CCOCC(F)F. The Kier molecular flexibility index (Phi) is 5.12. The van der Waals surface area contributed by atoms with Gasteiger partial charge in [-0.15, -0.1) is 11.6 Å². The fraction of sp³-hybridized carbons (Fsp3) is 0.500. The van der Waals surface area contributed by atoms with Gasteiger partial charge < -0.3 is 9.30 Å². The molecule has 0 aromatic carbocycles. The van der Waals surface area contributed by atoms with Crippen LogP contribution in [0.4, 0.5) is 8.78 Å². The average Bonchev–Trinajstić information content (AvgIpc) is 2.72. The number of hydrogen-bond donors (Lipinski definition) is 0. The third-order valence-electron chi connectivity index (χ3n) is 2.64. The molecule has 0 radical (unpaired) electrons. The van der Waals surface area contributed by atoms with Crippen molar-refractivity contribution in [2.45, 2.75) is 25.3 Å². The summed E-state index contributed by atoms with van der Waals surface area (Å²) >= 11 is 11.9. The first kappa shape index (κ1) is 15.4. The molecular weight excluding hydrogens is 311 g/mol. The van der Waals surface area contributed by atoms with Crippen molar-refractivity contribution in [2.24, 2.45) is 0 Å². The van der Waals surface area contributed by atoms with E-state index in [-0.39, 0.29) is 12.0 Å². The molecule has 0 amide bonds. The number of imidazole rings is 1. The first-order valence-corrected chi connectivity index (χ1v) is 6.82. The van der Waals surface area contributed by atoms with Crippen LogP contribution in [0.25, 0.3) is 11.2 Å². The molecule has 1 atom stereocenters. The Balaban J connectivity index is 2.22. The molecule has 0 spiro atoms. The number of rotatable bonds is 6. The third-order valence-corrected chi connectivity index (χ3v) is 3.04. The average molecular weight is 324 g/mol. The Hall–Kier alpha value is -0.980. The first-order chi connectivity index (χ1) is 9.49. The number of nitrogens with zero attached hydrogens (tertiary/aromatic N) is 3. The zero-order chi connectivity index (χ0) is 14.7. The summed E-state index contributed by atoms with van der Waals surface area (Å²) in [4.78, 5) is 8.57. The molecule has 2 aromatic heterocycles. The lowest BCUT2D eigenvalue weighted by atomic mass is 10.4. The van der Waals surface area contributed by atoms with Gasteiger partial charge in [-0.25, -0.2) is 18.7 Å². The zero-order valence-electron chi connectivity index (χ0n) is 10.7. The second kappa shape index (κ2) is 6.65. The van der Waals surface area contributed by atoms with Gasteiger partial charge in [0, 0.05) is 12.7 Å². The van der Waals surface area contributed by atoms with Crippen LogP contribution in [0.15, 0.2) is 12.3 Å². The van der Waals surface area contributed by atoms with Crippen LogP contribution >= 0.6 is 23.2 Å². The van der Waals surface area contributed by atoms with Gasteiger partial charge in [-0.05, 0) is 13.0 Å². The van der Waals surface area contributed by atoms with Crippen LogP contribution < -0.4 is 0 Å². The molecule has 0 aliphatic rings. The lowest BCUT2D eigenvalue weighted by Crippen LogP contribution is -2.13. The molecule has 2 aromatic rings. The maximum absolute atomic E-state index is 12.0.